The lowest BCUT2D eigenvalue weighted by Gasteiger charge is -2.15. The average Bonchev–Trinajstić information content (AvgIpc) is 2.08. The first-order valence-electron chi connectivity index (χ1n) is 3.91. The number of benzene rings is 1. The molecule has 1 aromatic carbocycles. The van der Waals surface area contributed by atoms with Crippen LogP contribution in [0, 0.1) is 5.82 Å². The van der Waals surface area contributed by atoms with Crippen LogP contribution in [0.2, 0.25) is 0 Å². The van der Waals surface area contributed by atoms with Gasteiger partial charge in [0.2, 0.25) is 0 Å². The van der Waals surface area contributed by atoms with E-state index < -0.39 is 12.1 Å². The Morgan fingerprint density at radius 3 is 2.69 bits per heavy atom. The van der Waals surface area contributed by atoms with Crippen molar-refractivity contribution in [3.8, 4) is 0 Å². The van der Waals surface area contributed by atoms with Crippen LogP contribution < -0.4 is 5.73 Å². The van der Waals surface area contributed by atoms with Crippen LogP contribution in [0.3, 0.4) is 0 Å². The summed E-state index contributed by atoms with van der Waals surface area (Å²) >= 11 is 3.22. The Morgan fingerprint density at radius 2 is 2.15 bits per heavy atom. The van der Waals surface area contributed by atoms with E-state index in [1.165, 1.54) is 6.07 Å². The largest absolute Gasteiger partial charge is 0.378 e. The van der Waals surface area contributed by atoms with Gasteiger partial charge in [0.15, 0.2) is 0 Å². The van der Waals surface area contributed by atoms with Crippen molar-refractivity contribution in [2.45, 2.75) is 19.1 Å². The summed E-state index contributed by atoms with van der Waals surface area (Å²) in [7, 11) is 0. The second-order valence-corrected chi connectivity index (χ2v) is 3.86. The Kier molecular flexibility index (Phi) is 3.41. The van der Waals surface area contributed by atoms with E-state index in [0.717, 1.165) is 4.47 Å². The molecule has 13 heavy (non-hydrogen) atoms. The Balaban J connectivity index is 3.05. The SMILES string of the molecule is CC(c1cc(Br)ccc1F)C(N)O. The molecule has 0 saturated carbocycles. The van der Waals surface area contributed by atoms with E-state index in [-0.39, 0.29) is 5.82 Å². The second kappa shape index (κ2) is 4.17. The number of rotatable bonds is 2. The average molecular weight is 248 g/mol. The van der Waals surface area contributed by atoms with Crippen LogP contribution in [0.4, 0.5) is 4.39 Å². The molecule has 0 spiro atoms. The maximum atomic E-state index is 13.2. The van der Waals surface area contributed by atoms with Crippen molar-refractivity contribution in [1.29, 1.82) is 0 Å². The van der Waals surface area contributed by atoms with E-state index >= 15 is 0 Å². The summed E-state index contributed by atoms with van der Waals surface area (Å²) in [5.74, 6) is -0.752. The highest BCUT2D eigenvalue weighted by molar-refractivity contribution is 9.10. The molecule has 0 bridgehead atoms. The molecule has 0 aliphatic heterocycles. The van der Waals surface area contributed by atoms with Crippen molar-refractivity contribution in [2.24, 2.45) is 5.73 Å². The maximum absolute atomic E-state index is 13.2. The van der Waals surface area contributed by atoms with E-state index in [2.05, 4.69) is 15.9 Å². The van der Waals surface area contributed by atoms with E-state index in [1.807, 2.05) is 0 Å². The quantitative estimate of drug-likeness (QED) is 0.786. The zero-order valence-corrected chi connectivity index (χ0v) is 8.75. The predicted octanol–water partition coefficient (Wildman–Crippen LogP) is 1.97. The van der Waals surface area contributed by atoms with Crippen LogP contribution >= 0.6 is 15.9 Å². The summed E-state index contributed by atoms with van der Waals surface area (Å²) in [5.41, 5.74) is 5.68. The van der Waals surface area contributed by atoms with Crippen LogP contribution in [-0.4, -0.2) is 11.3 Å². The number of hydrogen-bond acceptors (Lipinski definition) is 2. The van der Waals surface area contributed by atoms with Crippen molar-refractivity contribution in [3.63, 3.8) is 0 Å². The van der Waals surface area contributed by atoms with Crippen LogP contribution in [0.25, 0.3) is 0 Å². The van der Waals surface area contributed by atoms with Crippen molar-refractivity contribution < 1.29 is 9.50 Å². The third-order valence-corrected chi connectivity index (χ3v) is 2.45. The first-order chi connectivity index (χ1) is 6.02. The fraction of sp³-hybridized carbons (Fsp3) is 0.333. The Labute approximate surface area is 84.7 Å². The molecule has 1 rings (SSSR count). The van der Waals surface area contributed by atoms with Crippen molar-refractivity contribution in [1.82, 2.24) is 0 Å². The van der Waals surface area contributed by atoms with E-state index in [0.29, 0.717) is 5.56 Å². The zero-order chi connectivity index (χ0) is 10.0. The predicted molar refractivity (Wildman–Crippen MR) is 52.7 cm³/mol. The second-order valence-electron chi connectivity index (χ2n) is 2.95. The van der Waals surface area contributed by atoms with Gasteiger partial charge in [-0.3, -0.25) is 0 Å². The summed E-state index contributed by atoms with van der Waals surface area (Å²) in [6.45, 7) is 1.68. The number of aliphatic hydroxyl groups excluding tert-OH is 1. The molecule has 2 unspecified atom stereocenters. The number of nitrogens with two attached hydrogens (primary N) is 1. The van der Waals surface area contributed by atoms with Crippen LogP contribution in [0.5, 0.6) is 0 Å². The molecule has 2 atom stereocenters. The van der Waals surface area contributed by atoms with E-state index in [1.54, 1.807) is 19.1 Å². The maximum Gasteiger partial charge on any atom is 0.126 e. The summed E-state index contributed by atoms with van der Waals surface area (Å²) in [5, 5.41) is 9.09. The summed E-state index contributed by atoms with van der Waals surface area (Å²) in [4.78, 5) is 0. The molecule has 2 nitrogen and oxygen atoms in total. The van der Waals surface area contributed by atoms with Gasteiger partial charge in [-0.1, -0.05) is 22.9 Å². The van der Waals surface area contributed by atoms with Gasteiger partial charge in [0.1, 0.15) is 12.0 Å². The third kappa shape index (κ3) is 2.49. The highest BCUT2D eigenvalue weighted by atomic mass is 79.9. The highest BCUT2D eigenvalue weighted by Crippen LogP contribution is 2.23. The lowest BCUT2D eigenvalue weighted by Crippen LogP contribution is -2.26. The molecular weight excluding hydrogens is 237 g/mol. The monoisotopic (exact) mass is 247 g/mol. The molecular formula is C9H11BrFNO. The summed E-state index contributed by atoms with van der Waals surface area (Å²) in [6.07, 6.45) is -1.04. The standard InChI is InChI=1S/C9H11BrFNO/c1-5(9(12)13)7-4-6(10)2-3-8(7)11/h2-5,9,13H,12H2,1H3. The summed E-state index contributed by atoms with van der Waals surface area (Å²) < 4.78 is 14.0. The van der Waals surface area contributed by atoms with E-state index in [4.69, 9.17) is 10.8 Å². The molecule has 0 aromatic heterocycles. The van der Waals surface area contributed by atoms with Gasteiger partial charge in [-0.15, -0.1) is 0 Å². The van der Waals surface area contributed by atoms with Gasteiger partial charge in [0.05, 0.1) is 0 Å². The molecule has 0 radical (unpaired) electrons. The third-order valence-electron chi connectivity index (χ3n) is 1.96. The molecule has 0 saturated heterocycles. The zero-order valence-electron chi connectivity index (χ0n) is 7.17. The Morgan fingerprint density at radius 1 is 1.54 bits per heavy atom. The van der Waals surface area contributed by atoms with Gasteiger partial charge in [-0.25, -0.2) is 4.39 Å². The van der Waals surface area contributed by atoms with Crippen molar-refractivity contribution in [2.75, 3.05) is 0 Å². The Hall–Kier alpha value is -0.450. The normalized spacial score (nSPS) is 15.5. The topological polar surface area (TPSA) is 46.2 Å². The smallest absolute Gasteiger partial charge is 0.126 e. The lowest BCUT2D eigenvalue weighted by atomic mass is 9.99. The molecule has 4 heteroatoms. The minimum Gasteiger partial charge on any atom is -0.378 e. The molecule has 0 aliphatic rings. The number of halogens is 2. The van der Waals surface area contributed by atoms with Crippen LogP contribution in [0.15, 0.2) is 22.7 Å². The van der Waals surface area contributed by atoms with Crippen molar-refractivity contribution in [3.05, 3.63) is 34.1 Å². The molecule has 0 aliphatic carbocycles. The van der Waals surface area contributed by atoms with Crippen LogP contribution in [-0.2, 0) is 0 Å². The number of hydrogen-bond donors (Lipinski definition) is 2. The molecule has 72 valence electrons. The van der Waals surface area contributed by atoms with Gasteiger partial charge in [-0.2, -0.15) is 0 Å². The van der Waals surface area contributed by atoms with Crippen molar-refractivity contribution >= 4 is 15.9 Å². The first-order valence-corrected chi connectivity index (χ1v) is 4.70. The fourth-order valence-corrected chi connectivity index (χ4v) is 1.43. The van der Waals surface area contributed by atoms with Gasteiger partial charge in [0.25, 0.3) is 0 Å². The minimum absolute atomic E-state index is 0.347. The summed E-state index contributed by atoms with van der Waals surface area (Å²) in [6, 6.07) is 4.57. The molecule has 3 N–H and O–H groups in total. The fourth-order valence-electron chi connectivity index (χ4n) is 1.05. The van der Waals surface area contributed by atoms with Gasteiger partial charge in [0, 0.05) is 10.4 Å². The minimum atomic E-state index is -1.04. The van der Waals surface area contributed by atoms with Gasteiger partial charge in [-0.05, 0) is 23.8 Å². The molecule has 0 heterocycles. The highest BCUT2D eigenvalue weighted by Gasteiger charge is 2.16. The first kappa shape index (κ1) is 10.6. The molecule has 0 fully saturated rings. The van der Waals surface area contributed by atoms with Gasteiger partial charge >= 0.3 is 0 Å². The van der Waals surface area contributed by atoms with Crippen LogP contribution in [0.1, 0.15) is 18.4 Å². The number of aliphatic hydroxyl groups is 1. The Bertz CT molecular complexity index is 304. The lowest BCUT2D eigenvalue weighted by molar-refractivity contribution is 0.155. The van der Waals surface area contributed by atoms with E-state index in [9.17, 15) is 4.39 Å². The van der Waals surface area contributed by atoms with Gasteiger partial charge < -0.3 is 10.8 Å². The molecule has 1 aromatic rings. The molecule has 0 amide bonds.